The van der Waals surface area contributed by atoms with Crippen molar-refractivity contribution in [3.63, 3.8) is 0 Å². The zero-order valence-electron chi connectivity index (χ0n) is 16.5. The van der Waals surface area contributed by atoms with Gasteiger partial charge in [0, 0.05) is 18.3 Å². The number of carbonyl (C=O) groups is 2. The predicted octanol–water partition coefficient (Wildman–Crippen LogP) is 4.59. The molecule has 1 N–H and O–H groups in total. The molecule has 2 amide bonds. The Labute approximate surface area is 156 Å². The van der Waals surface area contributed by atoms with Gasteiger partial charge in [-0.3, -0.25) is 9.59 Å². The van der Waals surface area contributed by atoms with Crippen LogP contribution >= 0.6 is 0 Å². The maximum absolute atomic E-state index is 12.5. The van der Waals surface area contributed by atoms with Gasteiger partial charge in [-0.25, -0.2) is 0 Å². The Morgan fingerprint density at radius 3 is 2.12 bits per heavy atom. The van der Waals surface area contributed by atoms with Crippen molar-refractivity contribution < 1.29 is 9.59 Å². The molecule has 0 aliphatic carbocycles. The minimum Gasteiger partial charge on any atom is -0.325 e. The standard InChI is InChI=1S/C22H28N2O2/c1-15-7-12-20(16(2)13-15)24(17(3)25)14-21(26)23-19-10-8-18(9-11-19)22(4,5)6/h7-13H,14H2,1-6H3,(H,23,26). The number of anilines is 2. The summed E-state index contributed by atoms with van der Waals surface area (Å²) in [6.07, 6.45) is 0. The molecule has 0 atom stereocenters. The van der Waals surface area contributed by atoms with Gasteiger partial charge in [0.1, 0.15) is 6.54 Å². The highest BCUT2D eigenvalue weighted by Crippen LogP contribution is 2.24. The van der Waals surface area contributed by atoms with Crippen molar-refractivity contribution in [3.8, 4) is 0 Å². The summed E-state index contributed by atoms with van der Waals surface area (Å²) < 4.78 is 0. The van der Waals surface area contributed by atoms with E-state index in [0.29, 0.717) is 0 Å². The van der Waals surface area contributed by atoms with Crippen molar-refractivity contribution >= 4 is 23.2 Å². The van der Waals surface area contributed by atoms with Gasteiger partial charge in [-0.1, -0.05) is 50.6 Å². The van der Waals surface area contributed by atoms with E-state index >= 15 is 0 Å². The van der Waals surface area contributed by atoms with Gasteiger partial charge in [-0.2, -0.15) is 0 Å². The van der Waals surface area contributed by atoms with Gasteiger partial charge >= 0.3 is 0 Å². The van der Waals surface area contributed by atoms with Crippen LogP contribution in [0.2, 0.25) is 0 Å². The molecule has 0 heterocycles. The van der Waals surface area contributed by atoms with Crippen molar-refractivity contribution in [2.45, 2.75) is 47.0 Å². The van der Waals surface area contributed by atoms with Crippen LogP contribution < -0.4 is 10.2 Å². The summed E-state index contributed by atoms with van der Waals surface area (Å²) >= 11 is 0. The predicted molar refractivity (Wildman–Crippen MR) is 108 cm³/mol. The molecule has 2 rings (SSSR count). The molecule has 2 aromatic rings. The molecule has 0 fully saturated rings. The van der Waals surface area contributed by atoms with Crippen molar-refractivity contribution in [1.29, 1.82) is 0 Å². The van der Waals surface area contributed by atoms with Crippen LogP contribution in [0.25, 0.3) is 0 Å². The van der Waals surface area contributed by atoms with Crippen molar-refractivity contribution in [3.05, 3.63) is 59.2 Å². The number of aryl methyl sites for hydroxylation is 2. The molecule has 2 aromatic carbocycles. The van der Waals surface area contributed by atoms with Crippen LogP contribution in [0.15, 0.2) is 42.5 Å². The molecular weight excluding hydrogens is 324 g/mol. The summed E-state index contributed by atoms with van der Waals surface area (Å²) in [4.78, 5) is 26.0. The van der Waals surface area contributed by atoms with E-state index in [4.69, 9.17) is 0 Å². The van der Waals surface area contributed by atoms with Crippen LogP contribution in [0, 0.1) is 13.8 Å². The Hall–Kier alpha value is -2.62. The number of amides is 2. The van der Waals surface area contributed by atoms with Crippen LogP contribution in [0.5, 0.6) is 0 Å². The van der Waals surface area contributed by atoms with Gasteiger partial charge < -0.3 is 10.2 Å². The topological polar surface area (TPSA) is 49.4 Å². The third kappa shape index (κ3) is 4.94. The lowest BCUT2D eigenvalue weighted by Gasteiger charge is -2.23. The number of hydrogen-bond acceptors (Lipinski definition) is 2. The molecule has 0 aliphatic rings. The van der Waals surface area contributed by atoms with E-state index in [2.05, 4.69) is 26.1 Å². The highest BCUT2D eigenvalue weighted by molar-refractivity contribution is 6.02. The average Bonchev–Trinajstić information content (AvgIpc) is 2.52. The fourth-order valence-electron chi connectivity index (χ4n) is 2.87. The molecule has 138 valence electrons. The third-order valence-electron chi connectivity index (χ3n) is 4.36. The van der Waals surface area contributed by atoms with E-state index in [1.165, 1.54) is 17.4 Å². The first-order valence-corrected chi connectivity index (χ1v) is 8.83. The summed E-state index contributed by atoms with van der Waals surface area (Å²) in [7, 11) is 0. The highest BCUT2D eigenvalue weighted by atomic mass is 16.2. The molecule has 0 spiro atoms. The van der Waals surface area contributed by atoms with Crippen molar-refractivity contribution in [2.24, 2.45) is 0 Å². The molecule has 0 aromatic heterocycles. The van der Waals surface area contributed by atoms with Gasteiger partial charge in [0.25, 0.3) is 0 Å². The van der Waals surface area contributed by atoms with E-state index < -0.39 is 0 Å². The van der Waals surface area contributed by atoms with E-state index in [1.54, 1.807) is 0 Å². The van der Waals surface area contributed by atoms with Crippen molar-refractivity contribution in [2.75, 3.05) is 16.8 Å². The molecule has 0 unspecified atom stereocenters. The lowest BCUT2D eigenvalue weighted by atomic mass is 9.87. The molecule has 0 radical (unpaired) electrons. The average molecular weight is 352 g/mol. The number of carbonyl (C=O) groups excluding carboxylic acids is 2. The van der Waals surface area contributed by atoms with Gasteiger partial charge in [0.15, 0.2) is 0 Å². The molecule has 4 nitrogen and oxygen atoms in total. The van der Waals surface area contributed by atoms with E-state index in [1.807, 2.05) is 56.3 Å². The van der Waals surface area contributed by atoms with E-state index in [0.717, 1.165) is 22.5 Å². The normalized spacial score (nSPS) is 11.2. The van der Waals surface area contributed by atoms with Gasteiger partial charge in [-0.15, -0.1) is 0 Å². The lowest BCUT2D eigenvalue weighted by Crippen LogP contribution is -2.37. The van der Waals surface area contributed by atoms with Gasteiger partial charge in [0.2, 0.25) is 11.8 Å². The first kappa shape index (κ1) is 19.7. The SMILES string of the molecule is CC(=O)N(CC(=O)Nc1ccc(C(C)(C)C)cc1)c1ccc(C)cc1C. The summed E-state index contributed by atoms with van der Waals surface area (Å²) in [6, 6.07) is 13.7. The van der Waals surface area contributed by atoms with Crippen LogP contribution in [0.1, 0.15) is 44.4 Å². The lowest BCUT2D eigenvalue weighted by molar-refractivity contribution is -0.120. The highest BCUT2D eigenvalue weighted by Gasteiger charge is 2.18. The Kier molecular flexibility index (Phi) is 5.86. The number of hydrogen-bond donors (Lipinski definition) is 1. The van der Waals surface area contributed by atoms with Gasteiger partial charge in [-0.05, 0) is 48.6 Å². The Morgan fingerprint density at radius 1 is 1.00 bits per heavy atom. The molecule has 4 heteroatoms. The van der Waals surface area contributed by atoms with Crippen molar-refractivity contribution in [1.82, 2.24) is 0 Å². The van der Waals surface area contributed by atoms with Crippen LogP contribution in [0.4, 0.5) is 11.4 Å². The number of nitrogens with zero attached hydrogens (tertiary/aromatic N) is 1. The second kappa shape index (κ2) is 7.73. The molecule has 0 saturated heterocycles. The maximum Gasteiger partial charge on any atom is 0.244 e. The first-order chi connectivity index (χ1) is 12.1. The first-order valence-electron chi connectivity index (χ1n) is 8.83. The minimum atomic E-state index is -0.219. The molecule has 0 aliphatic heterocycles. The largest absolute Gasteiger partial charge is 0.325 e. The summed E-state index contributed by atoms with van der Waals surface area (Å²) in [5.41, 5.74) is 4.86. The quantitative estimate of drug-likeness (QED) is 0.875. The summed E-state index contributed by atoms with van der Waals surface area (Å²) in [5, 5.41) is 2.87. The molecule has 0 bridgehead atoms. The third-order valence-corrected chi connectivity index (χ3v) is 4.36. The van der Waals surface area contributed by atoms with Crippen LogP contribution in [-0.2, 0) is 15.0 Å². The fraction of sp³-hybridized carbons (Fsp3) is 0.364. The minimum absolute atomic E-state index is 0.0136. The molecule has 26 heavy (non-hydrogen) atoms. The van der Waals surface area contributed by atoms with Crippen LogP contribution in [-0.4, -0.2) is 18.4 Å². The second-order valence-electron chi connectivity index (χ2n) is 7.77. The molecule has 0 saturated carbocycles. The van der Waals surface area contributed by atoms with E-state index in [9.17, 15) is 9.59 Å². The Morgan fingerprint density at radius 2 is 1.62 bits per heavy atom. The number of benzene rings is 2. The van der Waals surface area contributed by atoms with Crippen LogP contribution in [0.3, 0.4) is 0 Å². The molecular formula is C22H28N2O2. The number of rotatable bonds is 4. The summed E-state index contributed by atoms with van der Waals surface area (Å²) in [5.74, 6) is -0.376. The smallest absolute Gasteiger partial charge is 0.244 e. The Bertz CT molecular complexity index is 802. The van der Waals surface area contributed by atoms with E-state index in [-0.39, 0.29) is 23.8 Å². The second-order valence-corrected chi connectivity index (χ2v) is 7.77. The number of nitrogens with one attached hydrogen (secondary N) is 1. The zero-order valence-corrected chi connectivity index (χ0v) is 16.5. The van der Waals surface area contributed by atoms with Gasteiger partial charge in [0.05, 0.1) is 0 Å². The monoisotopic (exact) mass is 352 g/mol. The maximum atomic E-state index is 12.5. The Balaban J connectivity index is 2.12. The fourth-order valence-corrected chi connectivity index (χ4v) is 2.87. The summed E-state index contributed by atoms with van der Waals surface area (Å²) in [6.45, 7) is 11.9. The zero-order chi connectivity index (χ0) is 19.5.